The molecule has 4 heteroatoms. The van der Waals surface area contributed by atoms with E-state index in [9.17, 15) is 4.79 Å². The van der Waals surface area contributed by atoms with Crippen LogP contribution in [0.15, 0.2) is 77.6 Å². The third kappa shape index (κ3) is 3.02. The number of hydrogen-bond donors (Lipinski definition) is 1. The van der Waals surface area contributed by atoms with Crippen molar-refractivity contribution in [2.45, 2.75) is 20.0 Å². The fraction of sp³-hybridized carbons (Fsp3) is 0.136. The summed E-state index contributed by atoms with van der Waals surface area (Å²) >= 11 is 0. The van der Waals surface area contributed by atoms with Crippen molar-refractivity contribution < 1.29 is 0 Å². The fourth-order valence-electron chi connectivity index (χ4n) is 3.26. The minimum Gasteiger partial charge on any atom is -0.399 e. The second-order valence-corrected chi connectivity index (χ2v) is 6.67. The van der Waals surface area contributed by atoms with Gasteiger partial charge in [0.15, 0.2) is 0 Å². The monoisotopic (exact) mass is 343 g/mol. The summed E-state index contributed by atoms with van der Waals surface area (Å²) in [6.45, 7) is 3.16. The van der Waals surface area contributed by atoms with Crippen molar-refractivity contribution in [2.75, 3.05) is 5.73 Å². The highest BCUT2D eigenvalue weighted by atomic mass is 16.1. The molecule has 3 aromatic carbocycles. The van der Waals surface area contributed by atoms with E-state index in [4.69, 9.17) is 5.73 Å². The van der Waals surface area contributed by atoms with Crippen LogP contribution < -0.4 is 11.4 Å². The van der Waals surface area contributed by atoms with Gasteiger partial charge in [-0.1, -0.05) is 54.1 Å². The first-order chi connectivity index (χ1) is 12.6. The number of anilines is 1. The zero-order valence-electron chi connectivity index (χ0n) is 14.7. The molecular formula is C22H21N3O. The molecule has 0 aliphatic rings. The number of aromatic nitrogens is 2. The topological polar surface area (TPSA) is 53.0 Å². The molecule has 4 rings (SSSR count). The number of benzene rings is 3. The molecule has 0 radical (unpaired) electrons. The van der Waals surface area contributed by atoms with Crippen LogP contribution in [0.2, 0.25) is 0 Å². The Kier molecular flexibility index (Phi) is 4.09. The summed E-state index contributed by atoms with van der Waals surface area (Å²) in [5, 5.41) is 0. The molecule has 0 saturated heterocycles. The predicted octanol–water partition coefficient (Wildman–Crippen LogP) is 3.79. The van der Waals surface area contributed by atoms with Crippen molar-refractivity contribution in [1.82, 2.24) is 9.13 Å². The predicted molar refractivity (Wildman–Crippen MR) is 106 cm³/mol. The summed E-state index contributed by atoms with van der Waals surface area (Å²) < 4.78 is 3.67. The smallest absolute Gasteiger partial charge is 0.329 e. The standard InChI is InChI=1S/C22H21N3O/c1-16-6-8-17(9-7-16)14-24-20-4-2-3-5-21(20)25(22(24)26)15-18-10-12-19(23)13-11-18/h2-13H,14-15,23H2,1H3. The van der Waals surface area contributed by atoms with Crippen molar-refractivity contribution in [3.63, 3.8) is 0 Å². The molecule has 130 valence electrons. The van der Waals surface area contributed by atoms with Gasteiger partial charge in [-0.3, -0.25) is 9.13 Å². The molecule has 0 aliphatic carbocycles. The third-order valence-corrected chi connectivity index (χ3v) is 4.71. The van der Waals surface area contributed by atoms with Crippen LogP contribution in [0.5, 0.6) is 0 Å². The number of nitrogens with zero attached hydrogens (tertiary/aromatic N) is 2. The van der Waals surface area contributed by atoms with Crippen molar-refractivity contribution in [3.8, 4) is 0 Å². The average molecular weight is 343 g/mol. The Hall–Kier alpha value is -3.27. The number of hydrogen-bond acceptors (Lipinski definition) is 2. The first-order valence-corrected chi connectivity index (χ1v) is 8.70. The number of nitrogen functional groups attached to an aromatic ring is 1. The van der Waals surface area contributed by atoms with Crippen LogP contribution in [-0.4, -0.2) is 9.13 Å². The largest absolute Gasteiger partial charge is 0.399 e. The number of rotatable bonds is 4. The molecule has 0 saturated carbocycles. The van der Waals surface area contributed by atoms with Gasteiger partial charge in [0.2, 0.25) is 0 Å². The molecule has 0 fully saturated rings. The minimum atomic E-state index is 0.00333. The molecule has 0 atom stereocenters. The van der Waals surface area contributed by atoms with E-state index in [-0.39, 0.29) is 5.69 Å². The van der Waals surface area contributed by atoms with Crippen LogP contribution >= 0.6 is 0 Å². The van der Waals surface area contributed by atoms with Crippen LogP contribution in [0, 0.1) is 6.92 Å². The highest BCUT2D eigenvalue weighted by Crippen LogP contribution is 2.17. The molecule has 0 amide bonds. The van der Waals surface area contributed by atoms with Crippen LogP contribution in [0.4, 0.5) is 5.69 Å². The molecule has 0 spiro atoms. The molecule has 0 unspecified atom stereocenters. The average Bonchev–Trinajstić information content (AvgIpc) is 2.91. The maximum atomic E-state index is 13.1. The van der Waals surface area contributed by atoms with Crippen LogP contribution in [0.25, 0.3) is 11.0 Å². The van der Waals surface area contributed by atoms with Crippen molar-refractivity contribution in [3.05, 3.63) is 100.0 Å². The van der Waals surface area contributed by atoms with Gasteiger partial charge in [0.1, 0.15) is 0 Å². The molecule has 26 heavy (non-hydrogen) atoms. The Bertz CT molecular complexity index is 1020. The first-order valence-electron chi connectivity index (χ1n) is 8.70. The molecule has 0 aliphatic heterocycles. The highest BCUT2D eigenvalue weighted by molar-refractivity contribution is 5.76. The summed E-state index contributed by atoms with van der Waals surface area (Å²) in [5.41, 5.74) is 11.8. The number of fused-ring (bicyclic) bond motifs is 1. The van der Waals surface area contributed by atoms with Gasteiger partial charge in [-0.05, 0) is 42.3 Å². The minimum absolute atomic E-state index is 0.00333. The first kappa shape index (κ1) is 16.2. The zero-order valence-corrected chi connectivity index (χ0v) is 14.7. The quantitative estimate of drug-likeness (QED) is 0.573. The van der Waals surface area contributed by atoms with Gasteiger partial charge in [0.25, 0.3) is 0 Å². The number of imidazole rings is 1. The lowest BCUT2D eigenvalue weighted by Crippen LogP contribution is -2.25. The van der Waals surface area contributed by atoms with E-state index >= 15 is 0 Å². The summed E-state index contributed by atoms with van der Waals surface area (Å²) in [5.74, 6) is 0. The lowest BCUT2D eigenvalue weighted by Gasteiger charge is -2.05. The van der Waals surface area contributed by atoms with Gasteiger partial charge in [0, 0.05) is 5.69 Å². The fourth-order valence-corrected chi connectivity index (χ4v) is 3.26. The molecule has 1 heterocycles. The van der Waals surface area contributed by atoms with Gasteiger partial charge in [-0.25, -0.2) is 4.79 Å². The Morgan fingerprint density at radius 1 is 0.731 bits per heavy atom. The van der Waals surface area contributed by atoms with Gasteiger partial charge >= 0.3 is 5.69 Å². The number of aryl methyl sites for hydroxylation is 1. The Morgan fingerprint density at radius 3 is 1.69 bits per heavy atom. The van der Waals surface area contributed by atoms with Gasteiger partial charge in [-0.15, -0.1) is 0 Å². The Morgan fingerprint density at radius 2 is 1.19 bits per heavy atom. The SMILES string of the molecule is Cc1ccc(Cn2c(=O)n(Cc3ccc(N)cc3)c3ccccc32)cc1. The summed E-state index contributed by atoms with van der Waals surface area (Å²) in [7, 11) is 0. The number of nitrogens with two attached hydrogens (primary N) is 1. The number of para-hydroxylation sites is 2. The lowest BCUT2D eigenvalue weighted by atomic mass is 10.1. The lowest BCUT2D eigenvalue weighted by molar-refractivity contribution is 0.701. The molecule has 4 aromatic rings. The third-order valence-electron chi connectivity index (χ3n) is 4.71. The van der Waals surface area contributed by atoms with Crippen LogP contribution in [0.1, 0.15) is 16.7 Å². The molecule has 2 N–H and O–H groups in total. The van der Waals surface area contributed by atoms with E-state index in [0.717, 1.165) is 27.8 Å². The molecule has 4 nitrogen and oxygen atoms in total. The van der Waals surface area contributed by atoms with Crippen LogP contribution in [0.3, 0.4) is 0 Å². The summed E-state index contributed by atoms with van der Waals surface area (Å²) in [6.07, 6.45) is 0. The Labute approximate surface area is 152 Å². The van der Waals surface area contributed by atoms with Crippen molar-refractivity contribution in [1.29, 1.82) is 0 Å². The molecular weight excluding hydrogens is 322 g/mol. The van der Waals surface area contributed by atoms with Gasteiger partial charge in [0.05, 0.1) is 24.1 Å². The highest BCUT2D eigenvalue weighted by Gasteiger charge is 2.13. The molecule has 1 aromatic heterocycles. The zero-order chi connectivity index (χ0) is 18.1. The van der Waals surface area contributed by atoms with E-state index in [1.807, 2.05) is 57.7 Å². The van der Waals surface area contributed by atoms with Crippen molar-refractivity contribution in [2.24, 2.45) is 0 Å². The van der Waals surface area contributed by atoms with Crippen LogP contribution in [-0.2, 0) is 13.1 Å². The summed E-state index contributed by atoms with van der Waals surface area (Å²) in [4.78, 5) is 13.1. The molecule has 0 bridgehead atoms. The van der Waals surface area contributed by atoms with E-state index < -0.39 is 0 Å². The van der Waals surface area contributed by atoms with Gasteiger partial charge in [-0.2, -0.15) is 0 Å². The van der Waals surface area contributed by atoms with E-state index in [1.165, 1.54) is 5.56 Å². The maximum absolute atomic E-state index is 13.1. The second kappa shape index (κ2) is 6.56. The normalized spacial score (nSPS) is 11.1. The summed E-state index contributed by atoms with van der Waals surface area (Å²) in [6, 6.07) is 23.9. The second-order valence-electron chi connectivity index (χ2n) is 6.67. The van der Waals surface area contributed by atoms with Crippen molar-refractivity contribution >= 4 is 16.7 Å². The van der Waals surface area contributed by atoms with E-state index in [2.05, 4.69) is 31.2 Å². The van der Waals surface area contributed by atoms with E-state index in [1.54, 1.807) is 0 Å². The maximum Gasteiger partial charge on any atom is 0.329 e. The van der Waals surface area contributed by atoms with Gasteiger partial charge < -0.3 is 5.73 Å². The Balaban J connectivity index is 1.79. The van der Waals surface area contributed by atoms with E-state index in [0.29, 0.717) is 13.1 Å².